The van der Waals surface area contributed by atoms with Crippen LogP contribution in [0, 0.1) is 6.92 Å². The Morgan fingerprint density at radius 3 is 2.24 bits per heavy atom. The zero-order valence-corrected chi connectivity index (χ0v) is 23.0. The minimum Gasteiger partial charge on any atom is -0.459 e. The maximum absolute atomic E-state index is 13.8. The van der Waals surface area contributed by atoms with Crippen molar-refractivity contribution in [2.45, 2.75) is 46.0 Å². The first-order chi connectivity index (χ1) is 19.3. The van der Waals surface area contributed by atoms with Gasteiger partial charge < -0.3 is 19.9 Å². The lowest BCUT2D eigenvalue weighted by atomic mass is 10.1. The zero-order chi connectivity index (χ0) is 29.9. The van der Waals surface area contributed by atoms with Gasteiger partial charge in [-0.15, -0.1) is 0 Å². The summed E-state index contributed by atoms with van der Waals surface area (Å²) in [5, 5.41) is 2.61. The molecule has 1 aliphatic rings. The molecule has 3 amide bonds. The van der Waals surface area contributed by atoms with Crippen molar-refractivity contribution in [2.24, 2.45) is 0 Å². The number of alkyl halides is 3. The van der Waals surface area contributed by atoms with Gasteiger partial charge in [0, 0.05) is 36.9 Å². The Balaban J connectivity index is 1.54. The van der Waals surface area contributed by atoms with Gasteiger partial charge in [0.1, 0.15) is 11.3 Å². The van der Waals surface area contributed by atoms with Crippen LogP contribution in [-0.4, -0.2) is 69.5 Å². The standard InChI is InChI=1S/C29H30F3N5O4/c1-17(2)41-27(39)23-19(4)33-25(20-8-6-5-7-9-20)35-24(23)26(38)36-14-15-37(18(3)16-36)28(40)34-22-12-10-21(11-13-22)29(30,31)32/h5-13,17-18H,14-16H2,1-4H3,(H,34,40). The quantitative estimate of drug-likeness (QED) is 0.412. The van der Waals surface area contributed by atoms with Crippen LogP contribution in [0.4, 0.5) is 23.7 Å². The minimum atomic E-state index is -4.48. The number of urea groups is 1. The van der Waals surface area contributed by atoms with E-state index in [1.807, 2.05) is 18.2 Å². The van der Waals surface area contributed by atoms with Gasteiger partial charge >= 0.3 is 18.2 Å². The highest BCUT2D eigenvalue weighted by molar-refractivity contribution is 6.05. The predicted octanol–water partition coefficient (Wildman–Crippen LogP) is 5.41. The number of benzene rings is 2. The molecule has 9 nitrogen and oxygen atoms in total. The molecule has 3 aromatic rings. The van der Waals surface area contributed by atoms with Crippen molar-refractivity contribution in [3.63, 3.8) is 0 Å². The van der Waals surface area contributed by atoms with E-state index in [4.69, 9.17) is 4.74 Å². The van der Waals surface area contributed by atoms with E-state index in [2.05, 4.69) is 15.3 Å². The first kappa shape index (κ1) is 29.5. The highest BCUT2D eigenvalue weighted by atomic mass is 19.4. The SMILES string of the molecule is Cc1nc(-c2ccccc2)nc(C(=O)N2CCN(C(=O)Nc3ccc(C(F)(F)F)cc3)C(C)C2)c1C(=O)OC(C)C. The number of aromatic nitrogens is 2. The second kappa shape index (κ2) is 11.9. The first-order valence-electron chi connectivity index (χ1n) is 13.0. The number of ether oxygens (including phenoxy) is 1. The Morgan fingerprint density at radius 1 is 1.00 bits per heavy atom. The number of aryl methyl sites for hydroxylation is 1. The molecule has 1 atom stereocenters. The van der Waals surface area contributed by atoms with Gasteiger partial charge in [-0.2, -0.15) is 13.2 Å². The summed E-state index contributed by atoms with van der Waals surface area (Å²) >= 11 is 0. The molecule has 41 heavy (non-hydrogen) atoms. The lowest BCUT2D eigenvalue weighted by Crippen LogP contribution is -2.56. The fourth-order valence-corrected chi connectivity index (χ4v) is 4.49. The topological polar surface area (TPSA) is 105 Å². The van der Waals surface area contributed by atoms with Crippen molar-refractivity contribution >= 4 is 23.6 Å². The van der Waals surface area contributed by atoms with E-state index in [0.717, 1.165) is 12.1 Å². The molecular formula is C29H30F3N5O4. The van der Waals surface area contributed by atoms with E-state index in [1.165, 1.54) is 21.9 Å². The Kier molecular flexibility index (Phi) is 8.60. The average molecular weight is 570 g/mol. The van der Waals surface area contributed by atoms with E-state index >= 15 is 0 Å². The van der Waals surface area contributed by atoms with Crippen molar-refractivity contribution in [1.82, 2.24) is 19.8 Å². The summed E-state index contributed by atoms with van der Waals surface area (Å²) in [6, 6.07) is 12.3. The van der Waals surface area contributed by atoms with Crippen LogP contribution in [0.5, 0.6) is 0 Å². The van der Waals surface area contributed by atoms with Crippen molar-refractivity contribution in [2.75, 3.05) is 25.0 Å². The van der Waals surface area contributed by atoms with Gasteiger partial charge in [-0.05, 0) is 52.0 Å². The summed E-state index contributed by atoms with van der Waals surface area (Å²) < 4.78 is 43.9. The molecule has 4 rings (SSSR count). The molecule has 1 saturated heterocycles. The second-order valence-corrected chi connectivity index (χ2v) is 9.98. The largest absolute Gasteiger partial charge is 0.459 e. The lowest BCUT2D eigenvalue weighted by Gasteiger charge is -2.39. The van der Waals surface area contributed by atoms with Gasteiger partial charge in [0.2, 0.25) is 0 Å². The van der Waals surface area contributed by atoms with E-state index < -0.39 is 41.8 Å². The number of esters is 1. The highest BCUT2D eigenvalue weighted by Gasteiger charge is 2.34. The number of amides is 3. The summed E-state index contributed by atoms with van der Waals surface area (Å²) in [4.78, 5) is 51.6. The van der Waals surface area contributed by atoms with Crippen molar-refractivity contribution in [3.8, 4) is 11.4 Å². The number of hydrogen-bond acceptors (Lipinski definition) is 6. The number of rotatable bonds is 5. The van der Waals surface area contributed by atoms with Crippen LogP contribution >= 0.6 is 0 Å². The fourth-order valence-electron chi connectivity index (χ4n) is 4.49. The summed E-state index contributed by atoms with van der Waals surface area (Å²) in [7, 11) is 0. The molecular weight excluding hydrogens is 539 g/mol. The third-order valence-electron chi connectivity index (χ3n) is 6.51. The molecule has 12 heteroatoms. The van der Waals surface area contributed by atoms with Crippen LogP contribution < -0.4 is 5.32 Å². The molecule has 1 fully saturated rings. The van der Waals surface area contributed by atoms with Crippen LogP contribution in [-0.2, 0) is 10.9 Å². The van der Waals surface area contributed by atoms with Gasteiger partial charge in [-0.3, -0.25) is 4.79 Å². The molecule has 2 aromatic carbocycles. The Hall–Kier alpha value is -4.48. The minimum absolute atomic E-state index is 0.0153. The van der Waals surface area contributed by atoms with Crippen LogP contribution in [0.25, 0.3) is 11.4 Å². The molecule has 1 unspecified atom stereocenters. The summed E-state index contributed by atoms with van der Waals surface area (Å²) in [6.45, 7) is 7.21. The van der Waals surface area contributed by atoms with Crippen LogP contribution in [0.1, 0.15) is 52.9 Å². The highest BCUT2D eigenvalue weighted by Crippen LogP contribution is 2.30. The number of nitrogens with one attached hydrogen (secondary N) is 1. The van der Waals surface area contributed by atoms with Crippen LogP contribution in [0.15, 0.2) is 54.6 Å². The van der Waals surface area contributed by atoms with Crippen LogP contribution in [0.3, 0.4) is 0 Å². The second-order valence-electron chi connectivity index (χ2n) is 9.98. The van der Waals surface area contributed by atoms with Crippen molar-refractivity contribution < 1.29 is 32.3 Å². The number of nitrogens with zero attached hydrogens (tertiary/aromatic N) is 4. The zero-order valence-electron chi connectivity index (χ0n) is 23.0. The number of hydrogen-bond donors (Lipinski definition) is 1. The molecule has 216 valence electrons. The van der Waals surface area contributed by atoms with Gasteiger partial charge in [0.15, 0.2) is 5.82 Å². The molecule has 0 spiro atoms. The van der Waals surface area contributed by atoms with E-state index in [1.54, 1.807) is 39.8 Å². The lowest BCUT2D eigenvalue weighted by molar-refractivity contribution is -0.137. The normalized spacial score (nSPS) is 15.6. The molecule has 1 N–H and O–H groups in total. The predicted molar refractivity (Wildman–Crippen MR) is 145 cm³/mol. The third kappa shape index (κ3) is 6.82. The van der Waals surface area contributed by atoms with Crippen molar-refractivity contribution in [3.05, 3.63) is 77.1 Å². The van der Waals surface area contributed by atoms with Crippen LogP contribution in [0.2, 0.25) is 0 Å². The molecule has 1 aliphatic heterocycles. The van der Waals surface area contributed by atoms with Gasteiger partial charge in [0.25, 0.3) is 5.91 Å². The monoisotopic (exact) mass is 569 g/mol. The molecule has 0 radical (unpaired) electrons. The average Bonchev–Trinajstić information content (AvgIpc) is 2.91. The smallest absolute Gasteiger partial charge is 0.416 e. The molecule has 0 saturated carbocycles. The van der Waals surface area contributed by atoms with Gasteiger partial charge in [-0.1, -0.05) is 30.3 Å². The fraction of sp³-hybridized carbons (Fsp3) is 0.345. The Bertz CT molecular complexity index is 1430. The maximum Gasteiger partial charge on any atom is 0.416 e. The third-order valence-corrected chi connectivity index (χ3v) is 6.51. The molecule has 1 aromatic heterocycles. The summed E-state index contributed by atoms with van der Waals surface area (Å²) in [6.07, 6.45) is -4.90. The number of carbonyl (C=O) groups is 3. The number of carbonyl (C=O) groups excluding carboxylic acids is 3. The summed E-state index contributed by atoms with van der Waals surface area (Å²) in [5.41, 5.74) is 0.271. The Morgan fingerprint density at radius 2 is 1.66 bits per heavy atom. The van der Waals surface area contributed by atoms with E-state index in [-0.39, 0.29) is 42.4 Å². The number of halogens is 3. The van der Waals surface area contributed by atoms with Gasteiger partial charge in [0.05, 0.1) is 17.4 Å². The molecule has 2 heterocycles. The van der Waals surface area contributed by atoms with Crippen molar-refractivity contribution in [1.29, 1.82) is 0 Å². The van der Waals surface area contributed by atoms with E-state index in [0.29, 0.717) is 11.3 Å². The first-order valence-corrected chi connectivity index (χ1v) is 13.0. The van der Waals surface area contributed by atoms with E-state index in [9.17, 15) is 27.6 Å². The summed E-state index contributed by atoms with van der Waals surface area (Å²) in [5.74, 6) is -0.920. The number of anilines is 1. The molecule has 0 bridgehead atoms. The Labute approximate surface area is 235 Å². The molecule has 0 aliphatic carbocycles. The van der Waals surface area contributed by atoms with Gasteiger partial charge in [-0.25, -0.2) is 19.6 Å². The number of piperazine rings is 1. The maximum atomic E-state index is 13.8.